The summed E-state index contributed by atoms with van der Waals surface area (Å²) in [7, 11) is 0. The van der Waals surface area contributed by atoms with E-state index in [1.54, 1.807) is 42.2 Å². The number of piperazine rings is 1. The largest absolute Gasteiger partial charge is 0.479 e. The van der Waals surface area contributed by atoms with Crippen LogP contribution in [0.15, 0.2) is 48.5 Å². The number of rotatable bonds is 4. The van der Waals surface area contributed by atoms with Gasteiger partial charge in [0.05, 0.1) is 10.6 Å². The van der Waals surface area contributed by atoms with Crippen LogP contribution in [-0.2, 0) is 11.0 Å². The van der Waals surface area contributed by atoms with E-state index in [2.05, 4.69) is 0 Å². The second-order valence-corrected chi connectivity index (χ2v) is 6.96. The van der Waals surface area contributed by atoms with Gasteiger partial charge in [0.2, 0.25) is 0 Å². The van der Waals surface area contributed by atoms with E-state index in [0.29, 0.717) is 42.6 Å². The lowest BCUT2D eigenvalue weighted by Crippen LogP contribution is -2.52. The number of alkyl halides is 3. The van der Waals surface area contributed by atoms with Crippen molar-refractivity contribution in [2.24, 2.45) is 0 Å². The number of halogens is 4. The van der Waals surface area contributed by atoms with Gasteiger partial charge in [0.25, 0.3) is 5.91 Å². The molecule has 1 aliphatic rings. The van der Waals surface area contributed by atoms with Gasteiger partial charge in [-0.25, -0.2) is 0 Å². The van der Waals surface area contributed by atoms with Crippen LogP contribution < -0.4 is 9.64 Å². The Kier molecular flexibility index (Phi) is 6.03. The number of carbonyl (C=O) groups excluding carboxylic acids is 1. The Morgan fingerprint density at radius 1 is 1.07 bits per heavy atom. The van der Waals surface area contributed by atoms with Gasteiger partial charge in [-0.05, 0) is 37.3 Å². The maximum absolute atomic E-state index is 12.9. The molecule has 28 heavy (non-hydrogen) atoms. The maximum atomic E-state index is 12.9. The molecule has 0 N–H and O–H groups in total. The lowest BCUT2D eigenvalue weighted by atomic mass is 10.1. The molecule has 1 saturated heterocycles. The maximum Gasteiger partial charge on any atom is 0.416 e. The van der Waals surface area contributed by atoms with Crippen molar-refractivity contribution in [1.82, 2.24) is 4.90 Å². The van der Waals surface area contributed by atoms with Crippen molar-refractivity contribution in [2.45, 2.75) is 19.2 Å². The Labute approximate surface area is 166 Å². The van der Waals surface area contributed by atoms with Crippen LogP contribution in [0.25, 0.3) is 0 Å². The standard InChI is InChI=1S/C20H20ClF3N2O2/c1-14(28-18-8-3-2-7-17(18)21)19(27)26-11-9-25(10-12-26)16-6-4-5-15(13-16)20(22,23)24/h2-8,13-14H,9-12H2,1H3/t14-/m1/s1. The first-order valence-corrected chi connectivity index (χ1v) is 9.25. The number of para-hydroxylation sites is 1. The summed E-state index contributed by atoms with van der Waals surface area (Å²) >= 11 is 6.05. The summed E-state index contributed by atoms with van der Waals surface area (Å²) in [4.78, 5) is 16.1. The fraction of sp³-hybridized carbons (Fsp3) is 0.350. The fourth-order valence-corrected chi connectivity index (χ4v) is 3.28. The predicted octanol–water partition coefficient (Wildman–Crippen LogP) is 4.47. The molecule has 0 aromatic heterocycles. The van der Waals surface area contributed by atoms with E-state index in [-0.39, 0.29) is 5.91 Å². The number of carbonyl (C=O) groups is 1. The molecule has 150 valence electrons. The summed E-state index contributed by atoms with van der Waals surface area (Å²) in [5, 5.41) is 0.427. The normalized spacial score (nSPS) is 16.0. The van der Waals surface area contributed by atoms with Crippen LogP contribution in [0.4, 0.5) is 18.9 Å². The third kappa shape index (κ3) is 4.70. The third-order valence-corrected chi connectivity index (χ3v) is 4.93. The van der Waals surface area contributed by atoms with Crippen LogP contribution in [0.2, 0.25) is 5.02 Å². The number of amides is 1. The van der Waals surface area contributed by atoms with Gasteiger partial charge in [-0.2, -0.15) is 13.2 Å². The van der Waals surface area contributed by atoms with Gasteiger partial charge >= 0.3 is 6.18 Å². The monoisotopic (exact) mass is 412 g/mol. The Morgan fingerprint density at radius 2 is 1.75 bits per heavy atom. The molecule has 8 heteroatoms. The van der Waals surface area contributed by atoms with Gasteiger partial charge in [0.1, 0.15) is 5.75 Å². The third-order valence-electron chi connectivity index (χ3n) is 4.62. The molecule has 4 nitrogen and oxygen atoms in total. The van der Waals surface area contributed by atoms with Crippen LogP contribution in [0.1, 0.15) is 12.5 Å². The molecule has 0 spiro atoms. The van der Waals surface area contributed by atoms with Crippen molar-refractivity contribution in [3.63, 3.8) is 0 Å². The molecule has 0 unspecified atom stereocenters. The van der Waals surface area contributed by atoms with Gasteiger partial charge in [-0.15, -0.1) is 0 Å². The van der Waals surface area contributed by atoms with Gasteiger partial charge in [-0.1, -0.05) is 29.8 Å². The summed E-state index contributed by atoms with van der Waals surface area (Å²) < 4.78 is 44.4. The highest BCUT2D eigenvalue weighted by atomic mass is 35.5. The van der Waals surface area contributed by atoms with Gasteiger partial charge in [-0.3, -0.25) is 4.79 Å². The summed E-state index contributed by atoms with van der Waals surface area (Å²) in [5.74, 6) is 0.260. The number of benzene rings is 2. The van der Waals surface area contributed by atoms with Crippen LogP contribution in [0.3, 0.4) is 0 Å². The molecule has 0 aliphatic carbocycles. The predicted molar refractivity (Wildman–Crippen MR) is 102 cm³/mol. The fourth-order valence-electron chi connectivity index (χ4n) is 3.10. The van der Waals surface area contributed by atoms with Crippen molar-refractivity contribution < 1.29 is 22.7 Å². The Bertz CT molecular complexity index is 836. The molecule has 2 aromatic rings. The molecule has 1 fully saturated rings. The molecule has 0 bridgehead atoms. The molecule has 1 atom stereocenters. The van der Waals surface area contributed by atoms with Crippen LogP contribution in [0.5, 0.6) is 5.75 Å². The SMILES string of the molecule is C[C@@H](Oc1ccccc1Cl)C(=O)N1CCN(c2cccc(C(F)(F)F)c2)CC1. The average Bonchev–Trinajstić information content (AvgIpc) is 2.69. The molecule has 1 heterocycles. The van der Waals surface area contributed by atoms with Crippen molar-refractivity contribution in [2.75, 3.05) is 31.1 Å². The zero-order chi connectivity index (χ0) is 20.3. The van der Waals surface area contributed by atoms with Crippen LogP contribution >= 0.6 is 11.6 Å². The molecular formula is C20H20ClF3N2O2. The van der Waals surface area contributed by atoms with Crippen LogP contribution in [-0.4, -0.2) is 43.1 Å². The first kappa shape index (κ1) is 20.3. The van der Waals surface area contributed by atoms with E-state index >= 15 is 0 Å². The van der Waals surface area contributed by atoms with Gasteiger partial charge in [0, 0.05) is 31.9 Å². The molecule has 3 rings (SSSR count). The number of anilines is 1. The number of ether oxygens (including phenoxy) is 1. The highest BCUT2D eigenvalue weighted by molar-refractivity contribution is 6.32. The first-order valence-electron chi connectivity index (χ1n) is 8.88. The molecule has 0 saturated carbocycles. The van der Waals surface area contributed by atoms with Crippen molar-refractivity contribution in [3.05, 3.63) is 59.1 Å². The number of hydrogen-bond acceptors (Lipinski definition) is 3. The highest BCUT2D eigenvalue weighted by Gasteiger charge is 2.31. The molecular weight excluding hydrogens is 393 g/mol. The summed E-state index contributed by atoms with van der Waals surface area (Å²) in [5.41, 5.74) is -0.174. The van der Waals surface area contributed by atoms with Crippen molar-refractivity contribution in [3.8, 4) is 5.75 Å². The summed E-state index contributed by atoms with van der Waals surface area (Å²) in [6, 6.07) is 12.2. The molecule has 2 aromatic carbocycles. The second kappa shape index (κ2) is 8.31. The highest BCUT2D eigenvalue weighted by Crippen LogP contribution is 2.32. The summed E-state index contributed by atoms with van der Waals surface area (Å²) in [6.45, 7) is 3.37. The first-order chi connectivity index (χ1) is 13.3. The van der Waals surface area contributed by atoms with E-state index in [1.165, 1.54) is 6.07 Å². The number of hydrogen-bond donors (Lipinski definition) is 0. The van der Waals surface area contributed by atoms with E-state index < -0.39 is 17.8 Å². The zero-order valence-electron chi connectivity index (χ0n) is 15.2. The Morgan fingerprint density at radius 3 is 2.39 bits per heavy atom. The lowest BCUT2D eigenvalue weighted by Gasteiger charge is -2.37. The average molecular weight is 413 g/mol. The van der Waals surface area contributed by atoms with Crippen molar-refractivity contribution >= 4 is 23.2 Å². The molecule has 1 aliphatic heterocycles. The Balaban J connectivity index is 1.59. The molecule has 1 amide bonds. The lowest BCUT2D eigenvalue weighted by molar-refractivity contribution is -0.138. The van der Waals surface area contributed by atoms with Crippen LogP contribution in [0, 0.1) is 0 Å². The zero-order valence-corrected chi connectivity index (χ0v) is 16.0. The van der Waals surface area contributed by atoms with Gasteiger partial charge < -0.3 is 14.5 Å². The van der Waals surface area contributed by atoms with E-state index in [9.17, 15) is 18.0 Å². The minimum atomic E-state index is -4.38. The smallest absolute Gasteiger partial charge is 0.416 e. The number of nitrogens with zero attached hydrogens (tertiary/aromatic N) is 2. The van der Waals surface area contributed by atoms with E-state index in [1.807, 2.05) is 4.90 Å². The quantitative estimate of drug-likeness (QED) is 0.742. The minimum absolute atomic E-state index is 0.177. The van der Waals surface area contributed by atoms with Gasteiger partial charge in [0.15, 0.2) is 6.10 Å². The van der Waals surface area contributed by atoms with E-state index in [0.717, 1.165) is 12.1 Å². The second-order valence-electron chi connectivity index (χ2n) is 6.55. The summed E-state index contributed by atoms with van der Waals surface area (Å²) in [6.07, 6.45) is -5.08. The van der Waals surface area contributed by atoms with E-state index in [4.69, 9.17) is 16.3 Å². The molecule has 0 radical (unpaired) electrons. The van der Waals surface area contributed by atoms with Crippen molar-refractivity contribution in [1.29, 1.82) is 0 Å². The Hall–Kier alpha value is -2.41. The minimum Gasteiger partial charge on any atom is -0.479 e. The topological polar surface area (TPSA) is 32.8 Å².